The molecular formula is C25H32N2O2. The molecule has 1 N–H and O–H groups in total. The van der Waals surface area contributed by atoms with Gasteiger partial charge in [-0.1, -0.05) is 74.5 Å². The molecule has 4 heteroatoms. The molecule has 2 atom stereocenters. The summed E-state index contributed by atoms with van der Waals surface area (Å²) in [6.45, 7) is 5.39. The van der Waals surface area contributed by atoms with Gasteiger partial charge in [-0.25, -0.2) is 0 Å². The quantitative estimate of drug-likeness (QED) is 0.732. The first-order chi connectivity index (χ1) is 14.1. The minimum atomic E-state index is -0.343. The highest BCUT2D eigenvalue weighted by atomic mass is 16.2. The lowest BCUT2D eigenvalue weighted by molar-refractivity contribution is -0.143. The molecule has 0 saturated carbocycles. The standard InChI is InChI=1S/C25H32N2O2/c1-19(2)22(16-15-20-10-5-3-6-11-20)25(29)27-17-9-14-23(27)24(28)26-18-21-12-7-4-8-13-21/h3-8,10-13,19,22-23H,9,14-18H2,1-2H3,(H,26,28)/t22-,23-/m0/s1. The predicted molar refractivity (Wildman–Crippen MR) is 116 cm³/mol. The Labute approximate surface area is 174 Å². The van der Waals surface area contributed by atoms with Gasteiger partial charge in [0.1, 0.15) is 6.04 Å². The fourth-order valence-electron chi connectivity index (χ4n) is 4.13. The number of hydrogen-bond donors (Lipinski definition) is 1. The van der Waals surface area contributed by atoms with Crippen LogP contribution in [0.15, 0.2) is 60.7 Å². The normalized spacial score (nSPS) is 17.3. The van der Waals surface area contributed by atoms with E-state index in [1.54, 1.807) is 0 Å². The van der Waals surface area contributed by atoms with Crippen molar-refractivity contribution in [2.24, 2.45) is 11.8 Å². The maximum Gasteiger partial charge on any atom is 0.243 e. The van der Waals surface area contributed by atoms with Crippen LogP contribution >= 0.6 is 0 Å². The summed E-state index contributed by atoms with van der Waals surface area (Å²) < 4.78 is 0. The Morgan fingerprint density at radius 2 is 1.62 bits per heavy atom. The van der Waals surface area contributed by atoms with Gasteiger partial charge in [-0.05, 0) is 42.7 Å². The van der Waals surface area contributed by atoms with Gasteiger partial charge in [0.2, 0.25) is 11.8 Å². The largest absolute Gasteiger partial charge is 0.350 e. The topological polar surface area (TPSA) is 49.4 Å². The molecule has 1 saturated heterocycles. The van der Waals surface area contributed by atoms with E-state index in [9.17, 15) is 9.59 Å². The van der Waals surface area contributed by atoms with Gasteiger partial charge < -0.3 is 10.2 Å². The van der Waals surface area contributed by atoms with Crippen LogP contribution in [0.5, 0.6) is 0 Å². The van der Waals surface area contributed by atoms with E-state index < -0.39 is 0 Å². The number of nitrogens with zero attached hydrogens (tertiary/aromatic N) is 1. The third-order valence-electron chi connectivity index (χ3n) is 5.86. The second-order valence-corrected chi connectivity index (χ2v) is 8.27. The third kappa shape index (κ3) is 5.69. The van der Waals surface area contributed by atoms with Gasteiger partial charge >= 0.3 is 0 Å². The van der Waals surface area contributed by atoms with Gasteiger partial charge in [0.05, 0.1) is 0 Å². The zero-order valence-corrected chi connectivity index (χ0v) is 17.5. The average Bonchev–Trinajstić information content (AvgIpc) is 3.23. The number of hydrogen-bond acceptors (Lipinski definition) is 2. The minimum absolute atomic E-state index is 0.0368. The first-order valence-corrected chi connectivity index (χ1v) is 10.7. The van der Waals surface area contributed by atoms with E-state index in [4.69, 9.17) is 0 Å². The Hall–Kier alpha value is -2.62. The zero-order valence-electron chi connectivity index (χ0n) is 17.5. The molecule has 1 aliphatic heterocycles. The maximum absolute atomic E-state index is 13.3. The maximum atomic E-state index is 13.3. The highest BCUT2D eigenvalue weighted by Crippen LogP contribution is 2.26. The Kier molecular flexibility index (Phi) is 7.45. The molecule has 0 aromatic heterocycles. The molecule has 2 aromatic rings. The van der Waals surface area contributed by atoms with E-state index in [1.807, 2.05) is 53.4 Å². The summed E-state index contributed by atoms with van der Waals surface area (Å²) in [5, 5.41) is 3.02. The summed E-state index contributed by atoms with van der Waals surface area (Å²) in [6.07, 6.45) is 3.33. The van der Waals surface area contributed by atoms with Gasteiger partial charge in [0.25, 0.3) is 0 Å². The summed E-state index contributed by atoms with van der Waals surface area (Å²) in [5.74, 6) is 0.288. The van der Waals surface area contributed by atoms with E-state index in [-0.39, 0.29) is 29.7 Å². The zero-order chi connectivity index (χ0) is 20.6. The average molecular weight is 393 g/mol. The van der Waals surface area contributed by atoms with E-state index in [2.05, 4.69) is 31.3 Å². The van der Waals surface area contributed by atoms with Crippen molar-refractivity contribution in [2.75, 3.05) is 6.54 Å². The van der Waals surface area contributed by atoms with Crippen molar-refractivity contribution in [1.82, 2.24) is 10.2 Å². The van der Waals surface area contributed by atoms with Crippen LogP contribution in [0.2, 0.25) is 0 Å². The second-order valence-electron chi connectivity index (χ2n) is 8.27. The van der Waals surface area contributed by atoms with Crippen molar-refractivity contribution >= 4 is 11.8 Å². The molecule has 0 spiro atoms. The van der Waals surface area contributed by atoms with Gasteiger partial charge in [-0.3, -0.25) is 9.59 Å². The number of carbonyl (C=O) groups is 2. The van der Waals surface area contributed by atoms with E-state index >= 15 is 0 Å². The van der Waals surface area contributed by atoms with Crippen LogP contribution in [0.25, 0.3) is 0 Å². The van der Waals surface area contributed by atoms with Crippen molar-refractivity contribution in [3.8, 4) is 0 Å². The van der Waals surface area contributed by atoms with Crippen LogP contribution in [-0.2, 0) is 22.6 Å². The first kappa shape index (κ1) is 21.1. The van der Waals surface area contributed by atoms with Crippen LogP contribution in [0.1, 0.15) is 44.2 Å². The molecule has 0 radical (unpaired) electrons. The summed E-state index contributed by atoms with van der Waals surface area (Å²) in [7, 11) is 0. The number of nitrogens with one attached hydrogen (secondary N) is 1. The van der Waals surface area contributed by atoms with E-state index in [0.29, 0.717) is 13.1 Å². The molecule has 0 aliphatic carbocycles. The van der Waals surface area contributed by atoms with Crippen molar-refractivity contribution in [3.05, 3.63) is 71.8 Å². The number of rotatable bonds is 8. The van der Waals surface area contributed by atoms with Crippen molar-refractivity contribution < 1.29 is 9.59 Å². The second kappa shape index (κ2) is 10.2. The fourth-order valence-corrected chi connectivity index (χ4v) is 4.13. The number of amides is 2. The molecular weight excluding hydrogens is 360 g/mol. The van der Waals surface area contributed by atoms with Gasteiger partial charge in [-0.2, -0.15) is 0 Å². The number of carbonyl (C=O) groups excluding carboxylic acids is 2. The van der Waals surface area contributed by atoms with Crippen molar-refractivity contribution in [1.29, 1.82) is 0 Å². The lowest BCUT2D eigenvalue weighted by Crippen LogP contribution is -2.48. The summed E-state index contributed by atoms with van der Waals surface area (Å²) in [4.78, 5) is 28.0. The molecule has 0 unspecified atom stereocenters. The molecule has 154 valence electrons. The first-order valence-electron chi connectivity index (χ1n) is 10.7. The highest BCUT2D eigenvalue weighted by molar-refractivity contribution is 5.89. The van der Waals surface area contributed by atoms with Crippen molar-refractivity contribution in [3.63, 3.8) is 0 Å². The summed E-state index contributed by atoms with van der Waals surface area (Å²) in [6, 6.07) is 19.8. The minimum Gasteiger partial charge on any atom is -0.350 e. The molecule has 1 heterocycles. The SMILES string of the molecule is CC(C)[C@H](CCc1ccccc1)C(=O)N1CCC[C@H]1C(=O)NCc1ccccc1. The van der Waals surface area contributed by atoms with Gasteiger partial charge in [0, 0.05) is 19.0 Å². The van der Waals surface area contributed by atoms with Crippen LogP contribution in [0.4, 0.5) is 0 Å². The van der Waals surface area contributed by atoms with Gasteiger partial charge in [-0.15, -0.1) is 0 Å². The Morgan fingerprint density at radius 1 is 1.00 bits per heavy atom. The lowest BCUT2D eigenvalue weighted by atomic mass is 9.88. The van der Waals surface area contributed by atoms with E-state index in [1.165, 1.54) is 5.56 Å². The highest BCUT2D eigenvalue weighted by Gasteiger charge is 2.37. The summed E-state index contributed by atoms with van der Waals surface area (Å²) in [5.41, 5.74) is 2.32. The predicted octanol–water partition coefficient (Wildman–Crippen LogP) is 4.20. The third-order valence-corrected chi connectivity index (χ3v) is 5.86. The molecule has 4 nitrogen and oxygen atoms in total. The number of likely N-dealkylation sites (tertiary alicyclic amines) is 1. The van der Waals surface area contributed by atoms with Gasteiger partial charge in [0.15, 0.2) is 0 Å². The molecule has 1 fully saturated rings. The van der Waals surface area contributed by atoms with E-state index in [0.717, 1.165) is 31.2 Å². The van der Waals surface area contributed by atoms with Crippen LogP contribution in [0.3, 0.4) is 0 Å². The van der Waals surface area contributed by atoms with Crippen molar-refractivity contribution in [2.45, 2.75) is 52.1 Å². The van der Waals surface area contributed by atoms with Crippen LogP contribution in [0, 0.1) is 11.8 Å². The fraction of sp³-hybridized carbons (Fsp3) is 0.440. The van der Waals surface area contributed by atoms with Crippen LogP contribution in [-0.4, -0.2) is 29.3 Å². The monoisotopic (exact) mass is 392 g/mol. The number of benzene rings is 2. The molecule has 1 aliphatic rings. The molecule has 3 rings (SSSR count). The summed E-state index contributed by atoms with van der Waals surface area (Å²) >= 11 is 0. The molecule has 2 amide bonds. The molecule has 29 heavy (non-hydrogen) atoms. The lowest BCUT2D eigenvalue weighted by Gasteiger charge is -2.30. The Bertz CT molecular complexity index is 789. The number of aryl methyl sites for hydroxylation is 1. The molecule has 0 bridgehead atoms. The van der Waals surface area contributed by atoms with Crippen LogP contribution < -0.4 is 5.32 Å². The smallest absolute Gasteiger partial charge is 0.243 e. The Morgan fingerprint density at radius 3 is 2.24 bits per heavy atom. The Balaban J connectivity index is 1.61. The molecule has 2 aromatic carbocycles.